The predicted molar refractivity (Wildman–Crippen MR) is 105 cm³/mol. The maximum absolute atomic E-state index is 11.7. The van der Waals surface area contributed by atoms with Crippen molar-refractivity contribution in [3.8, 4) is 11.5 Å². The second kappa shape index (κ2) is 5.76. The summed E-state index contributed by atoms with van der Waals surface area (Å²) in [4.78, 5) is 11.7. The predicted octanol–water partition coefficient (Wildman–Crippen LogP) is 5.43. The Labute approximate surface area is 161 Å². The molecule has 4 nitrogen and oxygen atoms in total. The van der Waals surface area contributed by atoms with E-state index in [1.54, 1.807) is 6.92 Å². The summed E-state index contributed by atoms with van der Waals surface area (Å²) in [7, 11) is 0. The number of rotatable bonds is 4. The second-order valence-electron chi connectivity index (χ2n) is 9.52. The molecule has 0 spiro atoms. The van der Waals surface area contributed by atoms with Gasteiger partial charge in [-0.3, -0.25) is 0 Å². The van der Waals surface area contributed by atoms with Crippen LogP contribution in [0.4, 0.5) is 0 Å². The highest BCUT2D eigenvalue weighted by atomic mass is 16.5. The van der Waals surface area contributed by atoms with Crippen LogP contribution in [0.5, 0.6) is 11.5 Å². The third-order valence-electron chi connectivity index (χ3n) is 7.61. The molecular weight excluding hydrogens is 340 g/mol. The lowest BCUT2D eigenvalue weighted by Gasteiger charge is -2.63. The number of aryl methyl sites for hydroxylation is 1. The highest BCUT2D eigenvalue weighted by Crippen LogP contribution is 2.75. The molecule has 27 heavy (non-hydrogen) atoms. The van der Waals surface area contributed by atoms with Crippen LogP contribution in [0.1, 0.15) is 80.8 Å². The number of ether oxygens (including phenoxy) is 1. The molecule has 0 bridgehead atoms. The van der Waals surface area contributed by atoms with E-state index >= 15 is 0 Å². The number of phenols is 1. The van der Waals surface area contributed by atoms with Crippen molar-refractivity contribution >= 4 is 5.97 Å². The Bertz CT molecular complexity index is 850. The van der Waals surface area contributed by atoms with Gasteiger partial charge in [0.15, 0.2) is 0 Å². The summed E-state index contributed by atoms with van der Waals surface area (Å²) in [5, 5.41) is 20.6. The van der Waals surface area contributed by atoms with E-state index in [1.165, 1.54) is 5.57 Å². The summed E-state index contributed by atoms with van der Waals surface area (Å²) in [6, 6.07) is 1.82. The molecule has 4 heteroatoms. The smallest absolute Gasteiger partial charge is 0.339 e. The van der Waals surface area contributed by atoms with Crippen LogP contribution >= 0.6 is 0 Å². The fraction of sp³-hybridized carbons (Fsp3) is 0.609. The minimum atomic E-state index is -1.07. The van der Waals surface area contributed by atoms with Crippen LogP contribution in [0.3, 0.4) is 0 Å². The Morgan fingerprint density at radius 2 is 2.07 bits per heavy atom. The average molecular weight is 370 g/mol. The molecule has 0 amide bonds. The summed E-state index contributed by atoms with van der Waals surface area (Å²) in [5.74, 6) is 0.616. The number of benzene rings is 1. The lowest BCUT2D eigenvalue weighted by Crippen LogP contribution is -2.60. The molecule has 5 atom stereocenters. The van der Waals surface area contributed by atoms with Crippen LogP contribution in [0, 0.1) is 24.2 Å². The zero-order chi connectivity index (χ0) is 19.7. The first-order valence-corrected chi connectivity index (χ1v) is 10.0. The zero-order valence-corrected chi connectivity index (χ0v) is 16.9. The Kier molecular flexibility index (Phi) is 3.93. The van der Waals surface area contributed by atoms with E-state index in [4.69, 9.17) is 4.74 Å². The molecule has 1 aliphatic heterocycles. The SMILES string of the molecule is CC(C)=CCC[C@@]1(C)C2CC[C@]3(C)Oc4cc(C)c(C(=O)O)c(O)c4C1C23. The van der Waals surface area contributed by atoms with Crippen LogP contribution in [0.25, 0.3) is 0 Å². The lowest BCUT2D eigenvalue weighted by atomic mass is 9.43. The monoisotopic (exact) mass is 370 g/mol. The molecule has 2 fully saturated rings. The Balaban J connectivity index is 1.84. The highest BCUT2D eigenvalue weighted by Gasteiger charge is 2.70. The van der Waals surface area contributed by atoms with Gasteiger partial charge in [0, 0.05) is 17.4 Å². The van der Waals surface area contributed by atoms with E-state index < -0.39 is 5.97 Å². The van der Waals surface area contributed by atoms with E-state index in [1.807, 2.05) is 6.07 Å². The molecule has 1 heterocycles. The minimum Gasteiger partial charge on any atom is -0.507 e. The molecule has 1 aromatic rings. The zero-order valence-electron chi connectivity index (χ0n) is 16.9. The van der Waals surface area contributed by atoms with Crippen LogP contribution in [-0.2, 0) is 0 Å². The van der Waals surface area contributed by atoms with E-state index in [9.17, 15) is 15.0 Å². The van der Waals surface area contributed by atoms with Crippen LogP contribution in [0.2, 0.25) is 0 Å². The van der Waals surface area contributed by atoms with Gasteiger partial charge < -0.3 is 14.9 Å². The van der Waals surface area contributed by atoms with Crippen molar-refractivity contribution in [1.82, 2.24) is 0 Å². The number of aromatic hydroxyl groups is 1. The Hall–Kier alpha value is -1.97. The first-order valence-electron chi connectivity index (χ1n) is 10.0. The van der Waals surface area contributed by atoms with Gasteiger partial charge in [0.05, 0.1) is 0 Å². The number of carboxylic acids is 1. The fourth-order valence-electron chi connectivity index (χ4n) is 6.39. The Morgan fingerprint density at radius 1 is 1.37 bits per heavy atom. The van der Waals surface area contributed by atoms with Gasteiger partial charge in [0.2, 0.25) is 0 Å². The Morgan fingerprint density at radius 3 is 2.70 bits per heavy atom. The van der Waals surface area contributed by atoms with E-state index in [2.05, 4.69) is 33.8 Å². The van der Waals surface area contributed by atoms with Gasteiger partial charge in [-0.25, -0.2) is 4.79 Å². The number of allylic oxidation sites excluding steroid dienone is 2. The molecule has 2 aliphatic carbocycles. The second-order valence-corrected chi connectivity index (χ2v) is 9.52. The summed E-state index contributed by atoms with van der Waals surface area (Å²) in [6.45, 7) is 10.5. The van der Waals surface area contributed by atoms with Crippen molar-refractivity contribution < 1.29 is 19.7 Å². The molecule has 0 radical (unpaired) electrons. The quantitative estimate of drug-likeness (QED) is 0.694. The third kappa shape index (κ3) is 2.38. The standard InChI is InChI=1S/C23H30O4/c1-12(2)7-6-9-22(4)14-8-10-23(5)18(14)19(22)17-15(27-23)11-13(3)16(20(17)24)21(25)26/h7,11,14,18-19,24H,6,8-10H2,1-5H3,(H,25,26)/t14?,18?,19?,22-,23-/m0/s1. The number of hydrogen-bond acceptors (Lipinski definition) is 3. The van der Waals surface area contributed by atoms with Crippen LogP contribution in [0.15, 0.2) is 17.7 Å². The maximum atomic E-state index is 11.7. The molecule has 146 valence electrons. The summed E-state index contributed by atoms with van der Waals surface area (Å²) >= 11 is 0. The van der Waals surface area contributed by atoms with Crippen molar-refractivity contribution in [2.24, 2.45) is 17.3 Å². The number of carboxylic acid groups (broad SMARTS) is 1. The van der Waals surface area contributed by atoms with Gasteiger partial charge in [-0.05, 0) is 76.3 Å². The summed E-state index contributed by atoms with van der Waals surface area (Å²) in [6.07, 6.45) is 6.52. The molecule has 1 aromatic carbocycles. The average Bonchev–Trinajstić information content (AvgIpc) is 2.87. The normalized spacial score (nSPS) is 35.5. The largest absolute Gasteiger partial charge is 0.507 e. The molecule has 2 N–H and O–H groups in total. The maximum Gasteiger partial charge on any atom is 0.339 e. The molecule has 2 saturated carbocycles. The van der Waals surface area contributed by atoms with Gasteiger partial charge in [0.25, 0.3) is 0 Å². The lowest BCUT2D eigenvalue weighted by molar-refractivity contribution is -0.133. The topological polar surface area (TPSA) is 66.8 Å². The molecule has 3 aliphatic rings. The summed E-state index contributed by atoms with van der Waals surface area (Å²) < 4.78 is 6.41. The molecule has 3 unspecified atom stereocenters. The number of carbonyl (C=O) groups is 1. The highest BCUT2D eigenvalue weighted by molar-refractivity contribution is 5.94. The van der Waals surface area contributed by atoms with Crippen LogP contribution < -0.4 is 4.74 Å². The molecule has 0 saturated heterocycles. The van der Waals surface area contributed by atoms with E-state index in [0.29, 0.717) is 23.1 Å². The van der Waals surface area contributed by atoms with Crippen molar-refractivity contribution in [2.75, 3.05) is 0 Å². The van der Waals surface area contributed by atoms with Gasteiger partial charge in [-0.1, -0.05) is 18.6 Å². The van der Waals surface area contributed by atoms with Crippen molar-refractivity contribution in [3.63, 3.8) is 0 Å². The van der Waals surface area contributed by atoms with Gasteiger partial charge in [-0.2, -0.15) is 0 Å². The van der Waals surface area contributed by atoms with E-state index in [0.717, 1.165) is 31.2 Å². The van der Waals surface area contributed by atoms with Crippen LogP contribution in [-0.4, -0.2) is 21.8 Å². The first kappa shape index (κ1) is 18.4. The van der Waals surface area contributed by atoms with Crippen molar-refractivity contribution in [1.29, 1.82) is 0 Å². The van der Waals surface area contributed by atoms with Crippen molar-refractivity contribution in [2.45, 2.75) is 71.8 Å². The third-order valence-corrected chi connectivity index (χ3v) is 7.61. The number of hydrogen-bond donors (Lipinski definition) is 2. The van der Waals surface area contributed by atoms with Crippen molar-refractivity contribution in [3.05, 3.63) is 34.4 Å². The number of aromatic carboxylic acids is 1. The molecule has 0 aromatic heterocycles. The minimum absolute atomic E-state index is 0.0223. The van der Waals surface area contributed by atoms with Gasteiger partial charge in [0.1, 0.15) is 22.7 Å². The molecule has 4 rings (SSSR count). The van der Waals surface area contributed by atoms with Gasteiger partial charge in [-0.15, -0.1) is 0 Å². The van der Waals surface area contributed by atoms with E-state index in [-0.39, 0.29) is 28.2 Å². The van der Waals surface area contributed by atoms with Gasteiger partial charge >= 0.3 is 5.97 Å². The molecular formula is C23H30O4. The fourth-order valence-corrected chi connectivity index (χ4v) is 6.39. The number of fused-ring (bicyclic) bond motifs is 2. The summed E-state index contributed by atoms with van der Waals surface area (Å²) in [5.41, 5.74) is 2.50. The first-order chi connectivity index (χ1) is 12.6.